The number of rotatable bonds is 2. The summed E-state index contributed by atoms with van der Waals surface area (Å²) in [7, 11) is 0. The Kier molecular flexibility index (Phi) is 13.1. The maximum Gasteiger partial charge on any atom is 1.00 e. The average molecular weight is 307 g/mol. The number of carbonyl (C=O) groups excluding carboxylic acids is 2. The minimum atomic E-state index is -1.54. The Bertz CT molecular complexity index is 383. The summed E-state index contributed by atoms with van der Waals surface area (Å²) in [5.41, 5.74) is -0.780. The Morgan fingerprint density at radius 1 is 1.00 bits per heavy atom. The molecule has 0 saturated heterocycles. The molecule has 0 heterocycles. The molecule has 1 aromatic carbocycles. The van der Waals surface area contributed by atoms with Crippen molar-refractivity contribution in [2.75, 3.05) is 0 Å². The van der Waals surface area contributed by atoms with Gasteiger partial charge in [-0.1, -0.05) is 22.0 Å². The number of hydrogen-bond acceptors (Lipinski definition) is 4. The molecule has 2 N–H and O–H groups in total. The Balaban J connectivity index is -0.000000563. The van der Waals surface area contributed by atoms with Crippen LogP contribution in [-0.2, 0) is 0 Å². The first-order valence-corrected chi connectivity index (χ1v) is 4.04. The molecule has 0 radical (unpaired) electrons. The Morgan fingerprint density at radius 3 is 1.81 bits per heavy atom. The van der Waals surface area contributed by atoms with Gasteiger partial charge in [0.2, 0.25) is 0 Å². The van der Waals surface area contributed by atoms with Gasteiger partial charge in [-0.25, -0.2) is 0 Å². The second-order valence-electron chi connectivity index (χ2n) is 2.26. The van der Waals surface area contributed by atoms with E-state index in [9.17, 15) is 19.8 Å². The second kappa shape index (κ2) is 9.61. The van der Waals surface area contributed by atoms with Crippen LogP contribution in [0.15, 0.2) is 22.7 Å². The fourth-order valence-electron chi connectivity index (χ4n) is 0.863. The molecule has 0 aliphatic carbocycles. The van der Waals surface area contributed by atoms with Crippen molar-refractivity contribution < 1.29 is 84.4 Å². The van der Waals surface area contributed by atoms with Crippen molar-refractivity contribution >= 4 is 27.9 Å². The molecule has 0 saturated carbocycles. The van der Waals surface area contributed by atoms with E-state index < -0.39 is 17.5 Å². The maximum absolute atomic E-state index is 10.5. The van der Waals surface area contributed by atoms with Crippen molar-refractivity contribution in [3.8, 4) is 0 Å². The van der Waals surface area contributed by atoms with Gasteiger partial charge in [0.15, 0.2) is 0 Å². The van der Waals surface area contributed by atoms with Gasteiger partial charge >= 0.3 is 59.1 Å². The molecular formula is C8H5BrNa2O5. The molecule has 16 heavy (non-hydrogen) atoms. The van der Waals surface area contributed by atoms with Crippen molar-refractivity contribution in [1.82, 2.24) is 0 Å². The molecule has 0 bridgehead atoms. The molecule has 1 rings (SSSR count). The SMILES string of the molecule is O.O=C([O-])c1ccc(Br)cc1C(=O)[O-].[Na+].[Na+]. The first-order valence-electron chi connectivity index (χ1n) is 3.24. The number of hydrogen-bond donors (Lipinski definition) is 0. The van der Waals surface area contributed by atoms with E-state index in [0.29, 0.717) is 4.47 Å². The normalized spacial score (nSPS) is 7.81. The predicted octanol–water partition coefficient (Wildman–Crippen LogP) is -7.64. The van der Waals surface area contributed by atoms with Crippen LogP contribution in [0.4, 0.5) is 0 Å². The number of carboxylic acid groups (broad SMARTS) is 2. The van der Waals surface area contributed by atoms with E-state index in [4.69, 9.17) is 0 Å². The van der Waals surface area contributed by atoms with E-state index in [1.54, 1.807) is 0 Å². The quantitative estimate of drug-likeness (QED) is 0.505. The smallest absolute Gasteiger partial charge is 0.545 e. The van der Waals surface area contributed by atoms with Crippen LogP contribution in [0.1, 0.15) is 20.7 Å². The molecule has 0 spiro atoms. The molecule has 1 aromatic rings. The zero-order chi connectivity index (χ0) is 10.0. The standard InChI is InChI=1S/C8H5BrO4.2Na.H2O/c9-4-1-2-5(7(10)11)6(3-4)8(12)13;;;/h1-3H,(H,10,11)(H,12,13);;;1H2/q;2*+1;/p-2. The molecule has 0 atom stereocenters. The predicted molar refractivity (Wildman–Crippen MR) is 46.4 cm³/mol. The van der Waals surface area contributed by atoms with Gasteiger partial charge in [-0.05, 0) is 12.1 Å². The number of benzene rings is 1. The molecular weight excluding hydrogens is 302 g/mol. The summed E-state index contributed by atoms with van der Waals surface area (Å²) in [4.78, 5) is 20.9. The average Bonchev–Trinajstić information content (AvgIpc) is 2.03. The van der Waals surface area contributed by atoms with Crippen LogP contribution in [0, 0.1) is 0 Å². The molecule has 8 heteroatoms. The van der Waals surface area contributed by atoms with Gasteiger partial charge in [-0.15, -0.1) is 0 Å². The van der Waals surface area contributed by atoms with Crippen LogP contribution < -0.4 is 69.3 Å². The molecule has 5 nitrogen and oxygen atoms in total. The fraction of sp³-hybridized carbons (Fsp3) is 0. The van der Waals surface area contributed by atoms with Crippen molar-refractivity contribution in [3.05, 3.63) is 33.8 Å². The first kappa shape index (κ1) is 21.8. The molecule has 0 unspecified atom stereocenters. The van der Waals surface area contributed by atoms with E-state index in [2.05, 4.69) is 15.9 Å². The minimum Gasteiger partial charge on any atom is -0.545 e. The number of carbonyl (C=O) groups is 2. The maximum atomic E-state index is 10.5. The molecule has 0 amide bonds. The van der Waals surface area contributed by atoms with Gasteiger partial charge in [0.25, 0.3) is 0 Å². The largest absolute Gasteiger partial charge is 1.00 e. The van der Waals surface area contributed by atoms with Crippen LogP contribution in [0.5, 0.6) is 0 Å². The van der Waals surface area contributed by atoms with Gasteiger partial charge in [0.1, 0.15) is 0 Å². The second-order valence-corrected chi connectivity index (χ2v) is 3.18. The topological polar surface area (TPSA) is 112 Å². The van der Waals surface area contributed by atoms with Gasteiger partial charge < -0.3 is 25.3 Å². The third-order valence-corrected chi connectivity index (χ3v) is 1.91. The van der Waals surface area contributed by atoms with Crippen molar-refractivity contribution in [1.29, 1.82) is 0 Å². The monoisotopic (exact) mass is 306 g/mol. The summed E-state index contributed by atoms with van der Waals surface area (Å²) < 4.78 is 0.469. The Morgan fingerprint density at radius 2 is 1.44 bits per heavy atom. The first-order chi connectivity index (χ1) is 6.02. The summed E-state index contributed by atoms with van der Waals surface area (Å²) in [6.07, 6.45) is 0. The fourth-order valence-corrected chi connectivity index (χ4v) is 1.22. The van der Waals surface area contributed by atoms with Crippen LogP contribution in [0.2, 0.25) is 0 Å². The van der Waals surface area contributed by atoms with E-state index in [1.165, 1.54) is 6.07 Å². The van der Waals surface area contributed by atoms with E-state index in [-0.39, 0.29) is 70.2 Å². The zero-order valence-corrected chi connectivity index (χ0v) is 14.3. The van der Waals surface area contributed by atoms with Gasteiger partial charge in [0.05, 0.1) is 11.9 Å². The van der Waals surface area contributed by atoms with Gasteiger partial charge in [-0.2, -0.15) is 0 Å². The molecule has 0 fully saturated rings. The van der Waals surface area contributed by atoms with Crippen molar-refractivity contribution in [3.63, 3.8) is 0 Å². The number of carboxylic acids is 2. The summed E-state index contributed by atoms with van der Waals surface area (Å²) in [5, 5.41) is 20.9. The van der Waals surface area contributed by atoms with E-state index in [0.717, 1.165) is 12.1 Å². The number of halogens is 1. The molecule has 0 aromatic heterocycles. The number of aromatic carboxylic acids is 2. The molecule has 0 aliphatic heterocycles. The Labute approximate surface area is 144 Å². The zero-order valence-electron chi connectivity index (χ0n) is 8.74. The summed E-state index contributed by atoms with van der Waals surface area (Å²) in [6, 6.07) is 3.71. The van der Waals surface area contributed by atoms with Crippen molar-refractivity contribution in [2.24, 2.45) is 0 Å². The summed E-state index contributed by atoms with van der Waals surface area (Å²) in [5.74, 6) is -3.08. The minimum absolute atomic E-state index is 0. The third kappa shape index (κ3) is 5.79. The van der Waals surface area contributed by atoms with Crippen molar-refractivity contribution in [2.45, 2.75) is 0 Å². The third-order valence-electron chi connectivity index (χ3n) is 1.42. The van der Waals surface area contributed by atoms with Crippen LogP contribution in [0.25, 0.3) is 0 Å². The molecule has 76 valence electrons. The Hall–Kier alpha value is 0.600. The summed E-state index contributed by atoms with van der Waals surface area (Å²) in [6.45, 7) is 0. The van der Waals surface area contributed by atoms with E-state index >= 15 is 0 Å². The summed E-state index contributed by atoms with van der Waals surface area (Å²) >= 11 is 3.01. The van der Waals surface area contributed by atoms with Crippen LogP contribution in [-0.4, -0.2) is 17.4 Å². The van der Waals surface area contributed by atoms with Gasteiger partial charge in [-0.3, -0.25) is 0 Å². The molecule has 0 aliphatic rings. The van der Waals surface area contributed by atoms with Gasteiger partial charge in [0, 0.05) is 15.6 Å². The van der Waals surface area contributed by atoms with Crippen LogP contribution >= 0.6 is 15.9 Å². The van der Waals surface area contributed by atoms with E-state index in [1.807, 2.05) is 0 Å². The van der Waals surface area contributed by atoms with Crippen LogP contribution in [0.3, 0.4) is 0 Å².